The van der Waals surface area contributed by atoms with Gasteiger partial charge in [-0.1, -0.05) is 18.6 Å². The van der Waals surface area contributed by atoms with Crippen LogP contribution in [0.4, 0.5) is 5.69 Å². The smallest absolute Gasteiger partial charge is 0.272 e. The standard InChI is InChI=1S/C15H21N3O/c1-15(2)16-13-9-5-4-8-12(13)14(19)18(15)17-10-6-3-7-11-17/h4-5,8-9,16H,3,6-7,10-11H2,1-2H3. The van der Waals surface area contributed by atoms with Gasteiger partial charge in [-0.3, -0.25) is 4.79 Å². The number of hydrogen-bond donors (Lipinski definition) is 1. The summed E-state index contributed by atoms with van der Waals surface area (Å²) in [5.41, 5.74) is 1.33. The fraction of sp³-hybridized carbons (Fsp3) is 0.533. The fourth-order valence-corrected chi connectivity index (χ4v) is 3.09. The summed E-state index contributed by atoms with van der Waals surface area (Å²) < 4.78 is 0. The van der Waals surface area contributed by atoms with Crippen molar-refractivity contribution in [3.63, 3.8) is 0 Å². The van der Waals surface area contributed by atoms with Crippen molar-refractivity contribution in [2.24, 2.45) is 0 Å². The third kappa shape index (κ3) is 2.10. The molecule has 4 heteroatoms. The van der Waals surface area contributed by atoms with E-state index in [-0.39, 0.29) is 11.6 Å². The minimum Gasteiger partial charge on any atom is -0.361 e. The normalized spacial score (nSPS) is 22.8. The first kappa shape index (κ1) is 12.5. The number of carbonyl (C=O) groups excluding carboxylic acids is 1. The Balaban J connectivity index is 1.97. The van der Waals surface area contributed by atoms with Crippen LogP contribution in [0.2, 0.25) is 0 Å². The molecule has 19 heavy (non-hydrogen) atoms. The minimum absolute atomic E-state index is 0.112. The Labute approximate surface area is 114 Å². The van der Waals surface area contributed by atoms with Gasteiger partial charge < -0.3 is 5.32 Å². The van der Waals surface area contributed by atoms with Gasteiger partial charge in [0.2, 0.25) is 0 Å². The highest BCUT2D eigenvalue weighted by molar-refractivity contribution is 6.01. The van der Waals surface area contributed by atoms with Gasteiger partial charge in [0.05, 0.1) is 5.56 Å². The molecule has 0 radical (unpaired) electrons. The second kappa shape index (κ2) is 4.53. The number of benzene rings is 1. The number of hydrazine groups is 1. The molecule has 0 aliphatic carbocycles. The van der Waals surface area contributed by atoms with E-state index in [9.17, 15) is 4.79 Å². The van der Waals surface area contributed by atoms with Gasteiger partial charge in [0.15, 0.2) is 0 Å². The van der Waals surface area contributed by atoms with E-state index in [4.69, 9.17) is 0 Å². The van der Waals surface area contributed by atoms with Crippen molar-refractivity contribution >= 4 is 11.6 Å². The van der Waals surface area contributed by atoms with E-state index < -0.39 is 0 Å². The number of piperidine rings is 1. The lowest BCUT2D eigenvalue weighted by Crippen LogP contribution is -2.63. The molecule has 1 N–H and O–H groups in total. The molecule has 3 rings (SSSR count). The van der Waals surface area contributed by atoms with Crippen LogP contribution in [0.5, 0.6) is 0 Å². The number of nitrogens with zero attached hydrogens (tertiary/aromatic N) is 2. The summed E-state index contributed by atoms with van der Waals surface area (Å²) in [6.45, 7) is 6.07. The molecule has 4 nitrogen and oxygen atoms in total. The lowest BCUT2D eigenvalue weighted by molar-refractivity contribution is -0.0693. The van der Waals surface area contributed by atoms with Crippen molar-refractivity contribution in [3.05, 3.63) is 29.8 Å². The molecule has 2 aliphatic rings. The van der Waals surface area contributed by atoms with Gasteiger partial charge in [0.25, 0.3) is 5.91 Å². The zero-order chi connectivity index (χ0) is 13.5. The number of hydrogen-bond acceptors (Lipinski definition) is 3. The van der Waals surface area contributed by atoms with Crippen molar-refractivity contribution in [3.8, 4) is 0 Å². The number of anilines is 1. The highest BCUT2D eigenvalue weighted by Crippen LogP contribution is 2.32. The van der Waals surface area contributed by atoms with E-state index >= 15 is 0 Å². The maximum atomic E-state index is 12.8. The molecule has 1 aromatic carbocycles. The van der Waals surface area contributed by atoms with Crippen LogP contribution in [0.3, 0.4) is 0 Å². The zero-order valence-electron chi connectivity index (χ0n) is 11.6. The zero-order valence-corrected chi connectivity index (χ0v) is 11.6. The molecular weight excluding hydrogens is 238 g/mol. The summed E-state index contributed by atoms with van der Waals surface area (Å²) in [7, 11) is 0. The van der Waals surface area contributed by atoms with Crippen molar-refractivity contribution in [2.75, 3.05) is 18.4 Å². The van der Waals surface area contributed by atoms with Gasteiger partial charge in [0.1, 0.15) is 5.66 Å². The van der Waals surface area contributed by atoms with Crippen LogP contribution in [0.1, 0.15) is 43.5 Å². The Hall–Kier alpha value is -1.55. The maximum absolute atomic E-state index is 12.8. The number of para-hydroxylation sites is 1. The molecule has 1 saturated heterocycles. The molecule has 1 amide bonds. The largest absolute Gasteiger partial charge is 0.361 e. The Morgan fingerprint density at radius 2 is 1.79 bits per heavy atom. The Bertz CT molecular complexity index is 492. The van der Waals surface area contributed by atoms with E-state index in [0.717, 1.165) is 24.3 Å². The molecule has 102 valence electrons. The van der Waals surface area contributed by atoms with Crippen LogP contribution in [-0.4, -0.2) is 34.7 Å². The average Bonchev–Trinajstić information content (AvgIpc) is 2.39. The molecule has 0 saturated carbocycles. The molecule has 0 spiro atoms. The van der Waals surface area contributed by atoms with Gasteiger partial charge >= 0.3 is 0 Å². The van der Waals surface area contributed by atoms with Crippen LogP contribution in [0, 0.1) is 0 Å². The van der Waals surface area contributed by atoms with E-state index in [0.29, 0.717) is 0 Å². The Kier molecular flexibility index (Phi) is 2.97. The third-order valence-electron chi connectivity index (χ3n) is 3.94. The quantitative estimate of drug-likeness (QED) is 0.842. The summed E-state index contributed by atoms with van der Waals surface area (Å²) in [6.07, 6.45) is 3.60. The first-order valence-electron chi connectivity index (χ1n) is 7.06. The monoisotopic (exact) mass is 259 g/mol. The molecule has 1 fully saturated rings. The molecule has 2 aliphatic heterocycles. The molecule has 0 atom stereocenters. The van der Waals surface area contributed by atoms with Gasteiger partial charge in [0, 0.05) is 18.8 Å². The van der Waals surface area contributed by atoms with Crippen molar-refractivity contribution < 1.29 is 4.79 Å². The lowest BCUT2D eigenvalue weighted by Gasteiger charge is -2.50. The summed E-state index contributed by atoms with van der Waals surface area (Å²) >= 11 is 0. The van der Waals surface area contributed by atoms with Crippen LogP contribution in [-0.2, 0) is 0 Å². The molecule has 0 bridgehead atoms. The summed E-state index contributed by atoms with van der Waals surface area (Å²) in [5.74, 6) is 0.112. The number of amides is 1. The summed E-state index contributed by atoms with van der Waals surface area (Å²) in [5, 5.41) is 7.59. The summed E-state index contributed by atoms with van der Waals surface area (Å²) in [6, 6.07) is 7.76. The predicted molar refractivity (Wildman–Crippen MR) is 75.7 cm³/mol. The van der Waals surface area contributed by atoms with Crippen LogP contribution in [0.15, 0.2) is 24.3 Å². The first-order valence-corrected chi connectivity index (χ1v) is 7.06. The summed E-state index contributed by atoms with van der Waals surface area (Å²) in [4.78, 5) is 12.8. The van der Waals surface area contributed by atoms with Crippen molar-refractivity contribution in [1.82, 2.24) is 10.0 Å². The second-order valence-electron chi connectivity index (χ2n) is 5.86. The highest BCUT2D eigenvalue weighted by atomic mass is 16.2. The van der Waals surface area contributed by atoms with Crippen LogP contribution in [0.25, 0.3) is 0 Å². The number of carbonyl (C=O) groups is 1. The molecule has 0 aromatic heterocycles. The fourth-order valence-electron chi connectivity index (χ4n) is 3.09. The number of fused-ring (bicyclic) bond motifs is 1. The predicted octanol–water partition coefficient (Wildman–Crippen LogP) is 2.69. The van der Waals surface area contributed by atoms with Crippen LogP contribution < -0.4 is 5.32 Å². The van der Waals surface area contributed by atoms with E-state index in [1.807, 2.05) is 29.3 Å². The van der Waals surface area contributed by atoms with Gasteiger partial charge in [-0.25, -0.2) is 10.0 Å². The van der Waals surface area contributed by atoms with Crippen LogP contribution >= 0.6 is 0 Å². The average molecular weight is 259 g/mol. The number of nitrogens with one attached hydrogen (secondary N) is 1. The molecule has 1 aromatic rings. The molecular formula is C15H21N3O. The van der Waals surface area contributed by atoms with Gasteiger partial charge in [-0.05, 0) is 38.8 Å². The second-order valence-corrected chi connectivity index (χ2v) is 5.86. The van der Waals surface area contributed by atoms with E-state index in [2.05, 4.69) is 24.2 Å². The van der Waals surface area contributed by atoms with E-state index in [1.165, 1.54) is 19.3 Å². The van der Waals surface area contributed by atoms with E-state index in [1.54, 1.807) is 0 Å². The lowest BCUT2D eigenvalue weighted by atomic mass is 10.0. The van der Waals surface area contributed by atoms with Crippen molar-refractivity contribution in [1.29, 1.82) is 0 Å². The third-order valence-corrected chi connectivity index (χ3v) is 3.94. The van der Waals surface area contributed by atoms with Crippen molar-refractivity contribution in [2.45, 2.75) is 38.8 Å². The first-order chi connectivity index (χ1) is 9.09. The Morgan fingerprint density at radius 1 is 1.11 bits per heavy atom. The highest BCUT2D eigenvalue weighted by Gasteiger charge is 2.41. The SMILES string of the molecule is CC1(C)Nc2ccccc2C(=O)N1N1CCCCC1. The molecule has 2 heterocycles. The van der Waals surface area contributed by atoms with Gasteiger partial charge in [-0.2, -0.15) is 0 Å². The maximum Gasteiger partial charge on any atom is 0.272 e. The number of rotatable bonds is 1. The Morgan fingerprint density at radius 3 is 2.53 bits per heavy atom. The minimum atomic E-state index is -0.372. The molecule has 0 unspecified atom stereocenters. The van der Waals surface area contributed by atoms with Gasteiger partial charge in [-0.15, -0.1) is 0 Å². The topological polar surface area (TPSA) is 35.6 Å².